The molecule has 0 radical (unpaired) electrons. The smallest absolute Gasteiger partial charge is 0.189 e. The maximum absolute atomic E-state index is 10.3. The number of rotatable bonds is 3. The first-order valence-corrected chi connectivity index (χ1v) is 4.30. The van der Waals surface area contributed by atoms with Crippen LogP contribution in [0.4, 0.5) is 5.82 Å². The van der Waals surface area contributed by atoms with Gasteiger partial charge in [0.25, 0.3) is 0 Å². The van der Waals surface area contributed by atoms with Crippen LogP contribution in [-0.2, 0) is 0 Å². The Hall–Kier alpha value is -1.14. The van der Waals surface area contributed by atoms with E-state index in [1.54, 1.807) is 6.26 Å². The van der Waals surface area contributed by atoms with Gasteiger partial charge in [-0.25, -0.2) is 9.97 Å². The molecule has 0 amide bonds. The molecule has 5 nitrogen and oxygen atoms in total. The van der Waals surface area contributed by atoms with Crippen molar-refractivity contribution >= 4 is 23.9 Å². The molecule has 6 heteroatoms. The van der Waals surface area contributed by atoms with Crippen molar-refractivity contribution in [1.29, 1.82) is 0 Å². The first-order chi connectivity index (χ1) is 5.81. The molecule has 1 heterocycles. The van der Waals surface area contributed by atoms with Gasteiger partial charge < -0.3 is 0 Å². The van der Waals surface area contributed by atoms with E-state index in [4.69, 9.17) is 5.21 Å². The molecule has 1 aromatic rings. The number of hydrogen-bond acceptors (Lipinski definition) is 6. The highest BCUT2D eigenvalue weighted by Gasteiger charge is 2.03. The number of carbonyl (C=O) groups is 1. The standard InChI is InChI=1S/C6H7N3O2S/c1-12-6-7-2-4(3-10)5(8-6)9-11/h2-3,11H,1H3,(H,7,8,9). The molecule has 0 aromatic carbocycles. The van der Waals surface area contributed by atoms with Gasteiger partial charge in [0.1, 0.15) is 0 Å². The van der Waals surface area contributed by atoms with Crippen LogP contribution >= 0.6 is 11.8 Å². The largest absolute Gasteiger partial charge is 0.298 e. The quantitative estimate of drug-likeness (QED) is 0.314. The summed E-state index contributed by atoms with van der Waals surface area (Å²) in [6.45, 7) is 0. The molecule has 0 aliphatic heterocycles. The number of anilines is 1. The first kappa shape index (κ1) is 8.95. The molecule has 12 heavy (non-hydrogen) atoms. The van der Waals surface area contributed by atoms with Gasteiger partial charge in [0.2, 0.25) is 0 Å². The van der Waals surface area contributed by atoms with Crippen molar-refractivity contribution in [2.24, 2.45) is 0 Å². The van der Waals surface area contributed by atoms with Crippen LogP contribution < -0.4 is 5.48 Å². The highest BCUT2D eigenvalue weighted by Crippen LogP contribution is 2.13. The summed E-state index contributed by atoms with van der Waals surface area (Å²) in [5.74, 6) is 0.129. The van der Waals surface area contributed by atoms with Gasteiger partial charge in [0.15, 0.2) is 17.3 Å². The second-order valence-electron chi connectivity index (χ2n) is 1.89. The van der Waals surface area contributed by atoms with Gasteiger partial charge in [-0.3, -0.25) is 15.5 Å². The molecule has 0 fully saturated rings. The van der Waals surface area contributed by atoms with Crippen molar-refractivity contribution in [3.8, 4) is 0 Å². The molecule has 0 spiro atoms. The molecule has 0 aliphatic rings. The topological polar surface area (TPSA) is 75.1 Å². The summed E-state index contributed by atoms with van der Waals surface area (Å²) in [5, 5.41) is 9.06. The fraction of sp³-hybridized carbons (Fsp3) is 0.167. The molecule has 0 bridgehead atoms. The predicted molar refractivity (Wildman–Crippen MR) is 44.6 cm³/mol. The van der Waals surface area contributed by atoms with E-state index in [0.29, 0.717) is 11.4 Å². The van der Waals surface area contributed by atoms with Crippen LogP contribution in [0.1, 0.15) is 10.4 Å². The van der Waals surface area contributed by atoms with Gasteiger partial charge in [0, 0.05) is 6.20 Å². The van der Waals surface area contributed by atoms with Crippen molar-refractivity contribution in [1.82, 2.24) is 9.97 Å². The number of nitrogens with one attached hydrogen (secondary N) is 1. The van der Waals surface area contributed by atoms with E-state index < -0.39 is 0 Å². The van der Waals surface area contributed by atoms with E-state index in [1.165, 1.54) is 18.0 Å². The Balaban J connectivity index is 3.10. The molecule has 0 unspecified atom stereocenters. The molecule has 2 N–H and O–H groups in total. The molecule has 1 rings (SSSR count). The third-order valence-electron chi connectivity index (χ3n) is 1.21. The Morgan fingerprint density at radius 3 is 3.00 bits per heavy atom. The van der Waals surface area contributed by atoms with Crippen LogP contribution in [0.5, 0.6) is 0 Å². The van der Waals surface area contributed by atoms with Gasteiger partial charge in [-0.05, 0) is 6.26 Å². The average molecular weight is 185 g/mol. The summed E-state index contributed by atoms with van der Waals surface area (Å²) in [4.78, 5) is 18.0. The second-order valence-corrected chi connectivity index (χ2v) is 2.66. The second kappa shape index (κ2) is 4.03. The van der Waals surface area contributed by atoms with Crippen LogP contribution in [0.25, 0.3) is 0 Å². The minimum Gasteiger partial charge on any atom is -0.298 e. The van der Waals surface area contributed by atoms with Gasteiger partial charge >= 0.3 is 0 Å². The Morgan fingerprint density at radius 2 is 2.50 bits per heavy atom. The summed E-state index contributed by atoms with van der Waals surface area (Å²) in [6, 6.07) is 0. The van der Waals surface area contributed by atoms with Crippen LogP contribution in [-0.4, -0.2) is 27.7 Å². The number of carbonyl (C=O) groups excluding carboxylic acids is 1. The highest BCUT2D eigenvalue weighted by atomic mass is 32.2. The predicted octanol–water partition coefficient (Wildman–Crippen LogP) is 0.812. The van der Waals surface area contributed by atoms with E-state index >= 15 is 0 Å². The van der Waals surface area contributed by atoms with Crippen LogP contribution in [0.2, 0.25) is 0 Å². The van der Waals surface area contributed by atoms with Crippen molar-refractivity contribution < 1.29 is 10.0 Å². The average Bonchev–Trinajstić information content (AvgIpc) is 2.16. The third kappa shape index (κ3) is 1.72. The highest BCUT2D eigenvalue weighted by molar-refractivity contribution is 7.98. The van der Waals surface area contributed by atoms with Gasteiger partial charge in [0.05, 0.1) is 5.56 Å². The summed E-state index contributed by atoms with van der Waals surface area (Å²) < 4.78 is 0. The summed E-state index contributed by atoms with van der Waals surface area (Å²) in [6.07, 6.45) is 3.73. The Kier molecular flexibility index (Phi) is 3.01. The molecular weight excluding hydrogens is 178 g/mol. The van der Waals surface area contributed by atoms with Gasteiger partial charge in [-0.2, -0.15) is 0 Å². The Labute approximate surface area is 73.2 Å². The molecule has 0 saturated carbocycles. The number of aldehydes is 1. The zero-order valence-corrected chi connectivity index (χ0v) is 7.13. The van der Waals surface area contributed by atoms with Crippen molar-refractivity contribution in [2.75, 3.05) is 11.7 Å². The van der Waals surface area contributed by atoms with Crippen LogP contribution in [0.3, 0.4) is 0 Å². The van der Waals surface area contributed by atoms with Crippen LogP contribution in [0.15, 0.2) is 11.4 Å². The Bertz CT molecular complexity index is 292. The van der Waals surface area contributed by atoms with Crippen LogP contribution in [0, 0.1) is 0 Å². The zero-order chi connectivity index (χ0) is 8.97. The van der Waals surface area contributed by atoms with Gasteiger partial charge in [-0.1, -0.05) is 11.8 Å². The first-order valence-electron chi connectivity index (χ1n) is 3.08. The minimum atomic E-state index is 0.129. The lowest BCUT2D eigenvalue weighted by Gasteiger charge is -2.01. The number of aromatic nitrogens is 2. The lowest BCUT2D eigenvalue weighted by atomic mass is 10.3. The van der Waals surface area contributed by atoms with E-state index in [9.17, 15) is 4.79 Å². The van der Waals surface area contributed by atoms with Crippen molar-refractivity contribution in [3.05, 3.63) is 11.8 Å². The zero-order valence-electron chi connectivity index (χ0n) is 6.31. The van der Waals surface area contributed by atoms with E-state index in [1.807, 2.05) is 5.48 Å². The molecule has 0 aliphatic carbocycles. The third-order valence-corrected chi connectivity index (χ3v) is 1.77. The Morgan fingerprint density at radius 1 is 1.75 bits per heavy atom. The maximum atomic E-state index is 10.3. The molecule has 0 atom stereocenters. The number of nitrogens with zero attached hydrogens (tertiary/aromatic N) is 2. The molecule has 64 valence electrons. The van der Waals surface area contributed by atoms with Crippen molar-refractivity contribution in [2.45, 2.75) is 5.16 Å². The fourth-order valence-electron chi connectivity index (χ4n) is 0.649. The van der Waals surface area contributed by atoms with E-state index in [-0.39, 0.29) is 11.4 Å². The molecule has 1 aromatic heterocycles. The monoisotopic (exact) mass is 185 g/mol. The SMILES string of the molecule is CSc1ncc(C=O)c(NO)n1. The summed E-state index contributed by atoms with van der Waals surface area (Å²) in [5.41, 5.74) is 2.06. The van der Waals surface area contributed by atoms with Gasteiger partial charge in [-0.15, -0.1) is 0 Å². The van der Waals surface area contributed by atoms with E-state index in [2.05, 4.69) is 9.97 Å². The minimum absolute atomic E-state index is 0.129. The molecule has 0 saturated heterocycles. The molecular formula is C6H7N3O2S. The summed E-state index contributed by atoms with van der Waals surface area (Å²) >= 11 is 1.33. The normalized spacial score (nSPS) is 9.50. The summed E-state index contributed by atoms with van der Waals surface area (Å²) in [7, 11) is 0. The number of thioether (sulfide) groups is 1. The number of hydrogen-bond donors (Lipinski definition) is 2. The lowest BCUT2D eigenvalue weighted by molar-refractivity contribution is 0.112. The fourth-order valence-corrected chi connectivity index (χ4v) is 0.990. The van der Waals surface area contributed by atoms with E-state index in [0.717, 1.165) is 0 Å². The lowest BCUT2D eigenvalue weighted by Crippen LogP contribution is -2.00. The maximum Gasteiger partial charge on any atom is 0.189 e. The van der Waals surface area contributed by atoms with Crippen molar-refractivity contribution in [3.63, 3.8) is 0 Å².